The van der Waals surface area contributed by atoms with Crippen LogP contribution >= 0.6 is 0 Å². The van der Waals surface area contributed by atoms with E-state index >= 15 is 0 Å². The fourth-order valence-electron chi connectivity index (χ4n) is 3.85. The molecule has 0 bridgehead atoms. The zero-order valence-corrected chi connectivity index (χ0v) is 18.5. The molecule has 4 aromatic rings. The summed E-state index contributed by atoms with van der Waals surface area (Å²) in [6, 6.07) is 19.7. The van der Waals surface area contributed by atoms with Gasteiger partial charge in [0.2, 0.25) is 0 Å². The molecule has 0 atom stereocenters. The van der Waals surface area contributed by atoms with Gasteiger partial charge in [0.1, 0.15) is 5.75 Å². The number of nitrogens with one attached hydrogen (secondary N) is 1. The van der Waals surface area contributed by atoms with Gasteiger partial charge in [-0.2, -0.15) is 0 Å². The SMILES string of the molecule is COc1ccc(-c2cc(C(=O)Nc3cccc(C)c3C)c3cc(C)cc(C)c3n2)cc1. The molecule has 0 unspecified atom stereocenters. The standard InChI is InChI=1S/C27H26N2O2/c1-16-13-18(3)26-22(14-16)23(27(30)29-24-8-6-7-17(2)19(24)4)15-25(28-26)20-9-11-21(31-5)12-10-20/h6-15H,1-5H3,(H,29,30). The third-order valence-electron chi connectivity index (χ3n) is 5.73. The number of methoxy groups -OCH3 is 1. The van der Waals surface area contributed by atoms with Crippen molar-refractivity contribution in [2.75, 3.05) is 12.4 Å². The molecule has 0 aliphatic carbocycles. The number of ether oxygens (including phenoxy) is 1. The molecule has 156 valence electrons. The molecule has 0 aliphatic heterocycles. The number of hydrogen-bond acceptors (Lipinski definition) is 3. The summed E-state index contributed by atoms with van der Waals surface area (Å²) >= 11 is 0. The quantitative estimate of drug-likeness (QED) is 0.424. The van der Waals surface area contributed by atoms with Crippen LogP contribution < -0.4 is 10.1 Å². The molecule has 1 N–H and O–H groups in total. The summed E-state index contributed by atoms with van der Waals surface area (Å²) in [5.74, 6) is 0.644. The molecule has 0 fully saturated rings. The van der Waals surface area contributed by atoms with E-state index in [1.54, 1.807) is 7.11 Å². The van der Waals surface area contributed by atoms with E-state index in [0.717, 1.165) is 55.9 Å². The number of benzene rings is 3. The smallest absolute Gasteiger partial charge is 0.256 e. The minimum Gasteiger partial charge on any atom is -0.497 e. The van der Waals surface area contributed by atoms with E-state index in [0.29, 0.717) is 5.56 Å². The van der Waals surface area contributed by atoms with Crippen LogP contribution in [0.25, 0.3) is 22.2 Å². The first-order valence-corrected chi connectivity index (χ1v) is 10.3. The van der Waals surface area contributed by atoms with Crippen molar-refractivity contribution < 1.29 is 9.53 Å². The van der Waals surface area contributed by atoms with Gasteiger partial charge in [0.15, 0.2) is 0 Å². The number of pyridine rings is 1. The van der Waals surface area contributed by atoms with E-state index in [1.807, 2.05) is 82.3 Å². The van der Waals surface area contributed by atoms with Crippen LogP contribution in [0.15, 0.2) is 60.7 Å². The first-order chi connectivity index (χ1) is 14.9. The predicted octanol–water partition coefficient (Wildman–Crippen LogP) is 6.40. The predicted molar refractivity (Wildman–Crippen MR) is 127 cm³/mol. The number of carbonyl (C=O) groups is 1. The van der Waals surface area contributed by atoms with Crippen LogP contribution in [0.3, 0.4) is 0 Å². The monoisotopic (exact) mass is 410 g/mol. The third-order valence-corrected chi connectivity index (χ3v) is 5.73. The average molecular weight is 411 g/mol. The molecular formula is C27H26N2O2. The number of aromatic nitrogens is 1. The van der Waals surface area contributed by atoms with E-state index < -0.39 is 0 Å². The molecule has 0 spiro atoms. The van der Waals surface area contributed by atoms with Crippen molar-refractivity contribution >= 4 is 22.5 Å². The minimum atomic E-state index is -0.138. The Labute approximate surface area is 182 Å². The molecular weight excluding hydrogens is 384 g/mol. The summed E-state index contributed by atoms with van der Waals surface area (Å²) in [5, 5.41) is 3.97. The molecule has 3 aromatic carbocycles. The second kappa shape index (κ2) is 8.23. The van der Waals surface area contributed by atoms with Crippen LogP contribution in [-0.4, -0.2) is 18.0 Å². The molecule has 4 heteroatoms. The number of hydrogen-bond donors (Lipinski definition) is 1. The van der Waals surface area contributed by atoms with Crippen molar-refractivity contribution in [1.29, 1.82) is 0 Å². The fourth-order valence-corrected chi connectivity index (χ4v) is 3.85. The first kappa shape index (κ1) is 20.6. The van der Waals surface area contributed by atoms with Gasteiger partial charge >= 0.3 is 0 Å². The highest BCUT2D eigenvalue weighted by atomic mass is 16.5. The summed E-state index contributed by atoms with van der Waals surface area (Å²) in [5.41, 5.74) is 8.33. The summed E-state index contributed by atoms with van der Waals surface area (Å²) in [6.07, 6.45) is 0. The average Bonchev–Trinajstić information content (AvgIpc) is 2.76. The molecule has 1 amide bonds. The highest BCUT2D eigenvalue weighted by Gasteiger charge is 2.17. The topological polar surface area (TPSA) is 51.2 Å². The van der Waals surface area contributed by atoms with Gasteiger partial charge in [-0.25, -0.2) is 4.98 Å². The number of aryl methyl sites for hydroxylation is 3. The van der Waals surface area contributed by atoms with Crippen LogP contribution in [0.5, 0.6) is 5.75 Å². The van der Waals surface area contributed by atoms with Crippen molar-refractivity contribution in [2.45, 2.75) is 27.7 Å². The Morgan fingerprint density at radius 2 is 1.65 bits per heavy atom. The lowest BCUT2D eigenvalue weighted by Crippen LogP contribution is -2.14. The minimum absolute atomic E-state index is 0.138. The van der Waals surface area contributed by atoms with Crippen LogP contribution in [0.4, 0.5) is 5.69 Å². The van der Waals surface area contributed by atoms with Crippen LogP contribution in [0.1, 0.15) is 32.6 Å². The Bertz CT molecular complexity index is 1290. The maximum absolute atomic E-state index is 13.4. The summed E-state index contributed by atoms with van der Waals surface area (Å²) in [7, 11) is 1.64. The van der Waals surface area contributed by atoms with Gasteiger partial charge in [-0.05, 0) is 86.8 Å². The molecule has 31 heavy (non-hydrogen) atoms. The maximum atomic E-state index is 13.4. The van der Waals surface area contributed by atoms with Crippen LogP contribution in [0, 0.1) is 27.7 Å². The third kappa shape index (κ3) is 4.02. The van der Waals surface area contributed by atoms with Crippen molar-refractivity contribution in [2.24, 2.45) is 0 Å². The number of nitrogens with zero attached hydrogens (tertiary/aromatic N) is 1. The van der Waals surface area contributed by atoms with E-state index in [1.165, 1.54) is 0 Å². The van der Waals surface area contributed by atoms with E-state index in [9.17, 15) is 4.79 Å². The molecule has 0 saturated carbocycles. The van der Waals surface area contributed by atoms with Crippen LogP contribution in [-0.2, 0) is 0 Å². The van der Waals surface area contributed by atoms with Crippen molar-refractivity contribution in [3.8, 4) is 17.0 Å². The van der Waals surface area contributed by atoms with Crippen LogP contribution in [0.2, 0.25) is 0 Å². The largest absolute Gasteiger partial charge is 0.497 e. The fraction of sp³-hybridized carbons (Fsp3) is 0.185. The molecule has 4 nitrogen and oxygen atoms in total. The number of rotatable bonds is 4. The Kier molecular flexibility index (Phi) is 5.47. The molecule has 0 radical (unpaired) electrons. The van der Waals surface area contributed by atoms with Crippen molar-refractivity contribution in [1.82, 2.24) is 4.98 Å². The lowest BCUT2D eigenvalue weighted by molar-refractivity contribution is 0.102. The molecule has 0 saturated heterocycles. The zero-order chi connectivity index (χ0) is 22.1. The molecule has 1 heterocycles. The summed E-state index contributed by atoms with van der Waals surface area (Å²) in [4.78, 5) is 18.3. The van der Waals surface area contributed by atoms with Gasteiger partial charge < -0.3 is 10.1 Å². The summed E-state index contributed by atoms with van der Waals surface area (Å²) < 4.78 is 5.27. The van der Waals surface area contributed by atoms with Gasteiger partial charge in [0.25, 0.3) is 5.91 Å². The Morgan fingerprint density at radius 3 is 2.35 bits per heavy atom. The van der Waals surface area contributed by atoms with E-state index in [2.05, 4.69) is 11.4 Å². The zero-order valence-electron chi connectivity index (χ0n) is 18.5. The van der Waals surface area contributed by atoms with E-state index in [-0.39, 0.29) is 5.91 Å². The van der Waals surface area contributed by atoms with E-state index in [4.69, 9.17) is 9.72 Å². The van der Waals surface area contributed by atoms with Gasteiger partial charge in [0.05, 0.1) is 23.9 Å². The normalized spacial score (nSPS) is 10.9. The lowest BCUT2D eigenvalue weighted by atomic mass is 9.99. The van der Waals surface area contributed by atoms with Gasteiger partial charge in [-0.15, -0.1) is 0 Å². The second-order valence-corrected chi connectivity index (χ2v) is 7.96. The maximum Gasteiger partial charge on any atom is 0.256 e. The lowest BCUT2D eigenvalue weighted by Gasteiger charge is -2.15. The Hall–Kier alpha value is -3.66. The van der Waals surface area contributed by atoms with Crippen molar-refractivity contribution in [3.63, 3.8) is 0 Å². The Balaban J connectivity index is 1.87. The van der Waals surface area contributed by atoms with Gasteiger partial charge in [-0.1, -0.05) is 23.8 Å². The Morgan fingerprint density at radius 1 is 0.903 bits per heavy atom. The number of amides is 1. The van der Waals surface area contributed by atoms with Gasteiger partial charge in [0, 0.05) is 16.6 Å². The van der Waals surface area contributed by atoms with Crippen molar-refractivity contribution in [3.05, 3.63) is 88.5 Å². The molecule has 4 rings (SSSR count). The number of fused-ring (bicyclic) bond motifs is 1. The second-order valence-electron chi connectivity index (χ2n) is 7.96. The van der Waals surface area contributed by atoms with Gasteiger partial charge in [-0.3, -0.25) is 4.79 Å². The number of anilines is 1. The molecule has 0 aliphatic rings. The molecule has 1 aromatic heterocycles. The first-order valence-electron chi connectivity index (χ1n) is 10.3. The number of carbonyl (C=O) groups excluding carboxylic acids is 1. The highest BCUT2D eigenvalue weighted by molar-refractivity contribution is 6.13. The highest BCUT2D eigenvalue weighted by Crippen LogP contribution is 2.30. The summed E-state index contributed by atoms with van der Waals surface area (Å²) in [6.45, 7) is 8.14.